The molecule has 0 bridgehead atoms. The van der Waals surface area contributed by atoms with Gasteiger partial charge in [-0.15, -0.1) is 0 Å². The van der Waals surface area contributed by atoms with E-state index in [1.165, 1.54) is 0 Å². The summed E-state index contributed by atoms with van der Waals surface area (Å²) in [4.78, 5) is 14.2. The first-order chi connectivity index (χ1) is 9.24. The molecule has 1 atom stereocenters. The van der Waals surface area contributed by atoms with Crippen LogP contribution in [0, 0.1) is 6.42 Å². The molecule has 0 spiro atoms. The van der Waals surface area contributed by atoms with Crippen LogP contribution in [-0.4, -0.2) is 36.6 Å². The fourth-order valence-electron chi connectivity index (χ4n) is 2.33. The van der Waals surface area contributed by atoms with Gasteiger partial charge in [0.05, 0.1) is 0 Å². The van der Waals surface area contributed by atoms with Gasteiger partial charge in [-0.1, -0.05) is 18.2 Å². The predicted molar refractivity (Wildman–Crippen MR) is 78.0 cm³/mol. The molecule has 1 saturated heterocycles. The van der Waals surface area contributed by atoms with Crippen molar-refractivity contribution >= 4 is 11.7 Å². The monoisotopic (exact) mass is 260 g/mol. The highest BCUT2D eigenvalue weighted by molar-refractivity contribution is 5.89. The zero-order valence-corrected chi connectivity index (χ0v) is 11.4. The average Bonchev–Trinajstić information content (AvgIpc) is 2.40. The Morgan fingerprint density at radius 3 is 2.63 bits per heavy atom. The molecule has 0 saturated carbocycles. The second-order valence-corrected chi connectivity index (χ2v) is 5.03. The minimum atomic E-state index is -0.137. The van der Waals surface area contributed by atoms with Gasteiger partial charge in [-0.3, -0.25) is 0 Å². The van der Waals surface area contributed by atoms with Crippen LogP contribution in [0.3, 0.4) is 0 Å². The largest absolute Gasteiger partial charge is 0.334 e. The number of nitrogens with zero attached hydrogens (tertiary/aromatic N) is 1. The number of carbonyl (C=O) groups is 1. The van der Waals surface area contributed by atoms with Crippen LogP contribution in [-0.2, 0) is 0 Å². The molecule has 1 aromatic carbocycles. The average molecular weight is 260 g/mol. The summed E-state index contributed by atoms with van der Waals surface area (Å²) in [6.45, 7) is 5.16. The normalized spacial score (nSPS) is 17.7. The van der Waals surface area contributed by atoms with E-state index in [4.69, 9.17) is 0 Å². The quantitative estimate of drug-likeness (QED) is 0.873. The van der Waals surface area contributed by atoms with Crippen molar-refractivity contribution in [2.24, 2.45) is 0 Å². The molecule has 1 heterocycles. The first kappa shape index (κ1) is 13.9. The van der Waals surface area contributed by atoms with Gasteiger partial charge in [0.25, 0.3) is 0 Å². The van der Waals surface area contributed by atoms with Crippen molar-refractivity contribution in [2.45, 2.75) is 25.8 Å². The van der Waals surface area contributed by atoms with Crippen molar-refractivity contribution in [2.75, 3.05) is 25.0 Å². The second-order valence-electron chi connectivity index (χ2n) is 5.03. The SMILES string of the molecule is CC(CN1CC[CH]CC1)NC(=O)Nc1ccccc1. The molecule has 1 fully saturated rings. The Morgan fingerprint density at radius 1 is 1.26 bits per heavy atom. The van der Waals surface area contributed by atoms with E-state index in [1.807, 2.05) is 37.3 Å². The van der Waals surface area contributed by atoms with Gasteiger partial charge in [0.1, 0.15) is 0 Å². The van der Waals surface area contributed by atoms with E-state index in [9.17, 15) is 4.79 Å². The molecule has 103 valence electrons. The van der Waals surface area contributed by atoms with E-state index in [0.29, 0.717) is 0 Å². The third-order valence-corrected chi connectivity index (χ3v) is 3.24. The summed E-state index contributed by atoms with van der Waals surface area (Å²) in [7, 11) is 0. The molecule has 4 nitrogen and oxygen atoms in total. The van der Waals surface area contributed by atoms with E-state index >= 15 is 0 Å². The molecule has 0 aromatic heterocycles. The standard InChI is InChI=1S/C15H22N3O/c1-13(12-18-10-6-3-7-11-18)16-15(19)17-14-8-4-2-5-9-14/h2-5,8-9,13H,6-7,10-12H2,1H3,(H2,16,17,19). The fraction of sp³-hybridized carbons (Fsp3) is 0.467. The number of hydrogen-bond acceptors (Lipinski definition) is 2. The van der Waals surface area contributed by atoms with Crippen molar-refractivity contribution in [1.82, 2.24) is 10.2 Å². The zero-order chi connectivity index (χ0) is 13.5. The third-order valence-electron chi connectivity index (χ3n) is 3.24. The Kier molecular flexibility index (Phi) is 5.21. The number of urea groups is 1. The number of nitrogens with one attached hydrogen (secondary N) is 2. The van der Waals surface area contributed by atoms with Crippen LogP contribution < -0.4 is 10.6 Å². The number of amides is 2. The molecule has 1 aliphatic heterocycles. The topological polar surface area (TPSA) is 44.4 Å². The highest BCUT2D eigenvalue weighted by Gasteiger charge is 2.14. The summed E-state index contributed by atoms with van der Waals surface area (Å²) in [6.07, 6.45) is 4.64. The van der Waals surface area contributed by atoms with Crippen LogP contribution in [0.25, 0.3) is 0 Å². The van der Waals surface area contributed by atoms with Crippen molar-refractivity contribution < 1.29 is 4.79 Å². The van der Waals surface area contributed by atoms with E-state index in [-0.39, 0.29) is 12.1 Å². The van der Waals surface area contributed by atoms with Gasteiger partial charge >= 0.3 is 6.03 Å². The minimum Gasteiger partial charge on any atom is -0.334 e. The highest BCUT2D eigenvalue weighted by atomic mass is 16.2. The molecule has 4 heteroatoms. The Balaban J connectivity index is 1.72. The predicted octanol–water partition coefficient (Wildman–Crippen LogP) is 2.50. The fourth-order valence-corrected chi connectivity index (χ4v) is 2.33. The molecule has 1 unspecified atom stereocenters. The third kappa shape index (κ3) is 4.91. The Labute approximate surface area is 115 Å². The summed E-state index contributed by atoms with van der Waals surface area (Å²) >= 11 is 0. The number of benzene rings is 1. The van der Waals surface area contributed by atoms with Gasteiger partial charge < -0.3 is 15.5 Å². The smallest absolute Gasteiger partial charge is 0.319 e. The molecule has 1 aromatic rings. The molecule has 1 aliphatic rings. The maximum absolute atomic E-state index is 11.8. The Hall–Kier alpha value is -1.55. The number of carbonyl (C=O) groups excluding carboxylic acids is 1. The number of hydrogen-bond donors (Lipinski definition) is 2. The van der Waals surface area contributed by atoms with E-state index in [0.717, 1.165) is 38.2 Å². The summed E-state index contributed by atoms with van der Waals surface area (Å²) in [5, 5.41) is 5.81. The zero-order valence-electron chi connectivity index (χ0n) is 11.4. The van der Waals surface area contributed by atoms with Gasteiger partial charge in [0, 0.05) is 18.3 Å². The number of rotatable bonds is 4. The van der Waals surface area contributed by atoms with Crippen molar-refractivity contribution in [3.63, 3.8) is 0 Å². The van der Waals surface area contributed by atoms with Crippen LogP contribution in [0.4, 0.5) is 10.5 Å². The molecule has 0 aliphatic carbocycles. The molecule has 2 amide bonds. The number of likely N-dealkylation sites (tertiary alicyclic amines) is 1. The molecule has 19 heavy (non-hydrogen) atoms. The Bertz CT molecular complexity index is 388. The van der Waals surface area contributed by atoms with Gasteiger partial charge in [0.15, 0.2) is 0 Å². The lowest BCUT2D eigenvalue weighted by Crippen LogP contribution is -2.45. The summed E-state index contributed by atoms with van der Waals surface area (Å²) in [5.74, 6) is 0. The molecular weight excluding hydrogens is 238 g/mol. The van der Waals surface area contributed by atoms with Gasteiger partial charge in [-0.05, 0) is 51.4 Å². The van der Waals surface area contributed by atoms with E-state index < -0.39 is 0 Å². The lowest BCUT2D eigenvalue weighted by atomic mass is 10.1. The number of para-hydroxylation sites is 1. The number of piperidine rings is 1. The number of anilines is 1. The molecular formula is C15H22N3O. The van der Waals surface area contributed by atoms with Crippen LogP contribution in [0.2, 0.25) is 0 Å². The van der Waals surface area contributed by atoms with Crippen LogP contribution in [0.1, 0.15) is 19.8 Å². The minimum absolute atomic E-state index is 0.137. The van der Waals surface area contributed by atoms with E-state index in [2.05, 4.69) is 22.0 Å². The summed E-state index contributed by atoms with van der Waals surface area (Å²) in [6, 6.07) is 9.52. The van der Waals surface area contributed by atoms with Crippen molar-refractivity contribution in [1.29, 1.82) is 0 Å². The van der Waals surface area contributed by atoms with Crippen molar-refractivity contribution in [3.05, 3.63) is 36.8 Å². The van der Waals surface area contributed by atoms with Gasteiger partial charge in [0.2, 0.25) is 0 Å². The summed E-state index contributed by atoms with van der Waals surface area (Å²) in [5.41, 5.74) is 0.819. The maximum Gasteiger partial charge on any atom is 0.319 e. The summed E-state index contributed by atoms with van der Waals surface area (Å²) < 4.78 is 0. The van der Waals surface area contributed by atoms with Crippen LogP contribution in [0.5, 0.6) is 0 Å². The molecule has 2 rings (SSSR count). The Morgan fingerprint density at radius 2 is 1.95 bits per heavy atom. The molecule has 1 radical (unpaired) electrons. The highest BCUT2D eigenvalue weighted by Crippen LogP contribution is 2.08. The lowest BCUT2D eigenvalue weighted by molar-refractivity contribution is 0.222. The first-order valence-electron chi connectivity index (χ1n) is 6.90. The van der Waals surface area contributed by atoms with Crippen molar-refractivity contribution in [3.8, 4) is 0 Å². The molecule has 2 N–H and O–H groups in total. The first-order valence-corrected chi connectivity index (χ1v) is 6.90. The maximum atomic E-state index is 11.8. The van der Waals surface area contributed by atoms with Gasteiger partial charge in [-0.2, -0.15) is 0 Å². The second kappa shape index (κ2) is 7.14. The van der Waals surface area contributed by atoms with E-state index in [1.54, 1.807) is 0 Å². The van der Waals surface area contributed by atoms with Crippen LogP contribution in [0.15, 0.2) is 30.3 Å². The van der Waals surface area contributed by atoms with Gasteiger partial charge in [-0.25, -0.2) is 4.79 Å². The van der Waals surface area contributed by atoms with Crippen LogP contribution >= 0.6 is 0 Å². The lowest BCUT2D eigenvalue weighted by Gasteiger charge is -2.29.